The van der Waals surface area contributed by atoms with Crippen molar-refractivity contribution < 1.29 is 9.59 Å². The SMILES string of the molecule is Cc1cccc(N2CC(C(=O)NC(C)(C)C)CC2=O)c1. The summed E-state index contributed by atoms with van der Waals surface area (Å²) in [5.74, 6) is -0.284. The smallest absolute Gasteiger partial charge is 0.227 e. The topological polar surface area (TPSA) is 49.4 Å². The van der Waals surface area contributed by atoms with Gasteiger partial charge in [-0.3, -0.25) is 9.59 Å². The maximum Gasteiger partial charge on any atom is 0.227 e. The molecule has 0 aliphatic carbocycles. The van der Waals surface area contributed by atoms with Crippen LogP contribution in [0.4, 0.5) is 5.69 Å². The first-order valence-electron chi connectivity index (χ1n) is 6.95. The molecule has 1 saturated heterocycles. The summed E-state index contributed by atoms with van der Waals surface area (Å²) >= 11 is 0. The van der Waals surface area contributed by atoms with Gasteiger partial charge < -0.3 is 10.2 Å². The minimum atomic E-state index is -0.267. The summed E-state index contributed by atoms with van der Waals surface area (Å²) in [7, 11) is 0. The largest absolute Gasteiger partial charge is 0.351 e. The molecule has 0 bridgehead atoms. The Morgan fingerprint density at radius 1 is 1.35 bits per heavy atom. The normalized spacial score (nSPS) is 19.3. The number of nitrogens with one attached hydrogen (secondary N) is 1. The highest BCUT2D eigenvalue weighted by Gasteiger charge is 2.36. The third-order valence-corrected chi connectivity index (χ3v) is 3.31. The number of carbonyl (C=O) groups is 2. The van der Waals surface area contributed by atoms with Crippen molar-refractivity contribution >= 4 is 17.5 Å². The van der Waals surface area contributed by atoms with Crippen LogP contribution in [0.1, 0.15) is 32.8 Å². The van der Waals surface area contributed by atoms with E-state index in [4.69, 9.17) is 0 Å². The molecule has 1 aromatic rings. The third kappa shape index (κ3) is 3.38. The van der Waals surface area contributed by atoms with Gasteiger partial charge in [-0.25, -0.2) is 0 Å². The van der Waals surface area contributed by atoms with Crippen LogP contribution in [0.15, 0.2) is 24.3 Å². The Labute approximate surface area is 120 Å². The summed E-state index contributed by atoms with van der Waals surface area (Å²) in [5, 5.41) is 2.95. The number of aryl methyl sites for hydroxylation is 1. The van der Waals surface area contributed by atoms with Crippen molar-refractivity contribution in [1.82, 2.24) is 5.32 Å². The van der Waals surface area contributed by atoms with Crippen LogP contribution in [-0.2, 0) is 9.59 Å². The lowest BCUT2D eigenvalue weighted by Gasteiger charge is -2.23. The fraction of sp³-hybridized carbons (Fsp3) is 0.500. The second-order valence-corrected chi connectivity index (χ2v) is 6.48. The molecule has 4 heteroatoms. The molecule has 1 unspecified atom stereocenters. The minimum Gasteiger partial charge on any atom is -0.351 e. The van der Waals surface area contributed by atoms with E-state index >= 15 is 0 Å². The molecule has 20 heavy (non-hydrogen) atoms. The fourth-order valence-corrected chi connectivity index (χ4v) is 2.40. The zero-order chi connectivity index (χ0) is 14.9. The first-order valence-corrected chi connectivity index (χ1v) is 6.95. The van der Waals surface area contributed by atoms with Crippen molar-refractivity contribution in [3.8, 4) is 0 Å². The Bertz CT molecular complexity index is 532. The Morgan fingerprint density at radius 2 is 2.05 bits per heavy atom. The summed E-state index contributed by atoms with van der Waals surface area (Å²) in [6.45, 7) is 8.29. The number of hydrogen-bond acceptors (Lipinski definition) is 2. The Morgan fingerprint density at radius 3 is 2.65 bits per heavy atom. The summed E-state index contributed by atoms with van der Waals surface area (Å²) in [5.41, 5.74) is 1.72. The van der Waals surface area contributed by atoms with Gasteiger partial charge in [-0.2, -0.15) is 0 Å². The number of carbonyl (C=O) groups excluding carboxylic acids is 2. The quantitative estimate of drug-likeness (QED) is 0.899. The maximum absolute atomic E-state index is 12.2. The monoisotopic (exact) mass is 274 g/mol. The highest BCUT2D eigenvalue weighted by molar-refractivity contribution is 6.00. The van der Waals surface area contributed by atoms with Gasteiger partial charge in [0.1, 0.15) is 0 Å². The maximum atomic E-state index is 12.2. The molecule has 0 spiro atoms. The lowest BCUT2D eigenvalue weighted by atomic mass is 10.0. The zero-order valence-corrected chi connectivity index (χ0v) is 12.6. The first kappa shape index (κ1) is 14.6. The van der Waals surface area contributed by atoms with E-state index in [9.17, 15) is 9.59 Å². The molecule has 4 nitrogen and oxygen atoms in total. The van der Waals surface area contributed by atoms with Crippen molar-refractivity contribution in [2.75, 3.05) is 11.4 Å². The Kier molecular flexibility index (Phi) is 3.84. The van der Waals surface area contributed by atoms with Crippen LogP contribution < -0.4 is 10.2 Å². The second-order valence-electron chi connectivity index (χ2n) is 6.48. The standard InChI is InChI=1S/C16H22N2O2/c1-11-6-5-7-13(8-11)18-10-12(9-14(18)19)15(20)17-16(2,3)4/h5-8,12H,9-10H2,1-4H3,(H,17,20). The number of rotatable bonds is 2. The third-order valence-electron chi connectivity index (χ3n) is 3.31. The van der Waals surface area contributed by atoms with E-state index in [0.717, 1.165) is 11.3 Å². The minimum absolute atomic E-state index is 0.0182. The van der Waals surface area contributed by atoms with Gasteiger partial charge in [0.05, 0.1) is 5.92 Å². The van der Waals surface area contributed by atoms with Crippen LogP contribution >= 0.6 is 0 Å². The Balaban J connectivity index is 2.09. The second kappa shape index (κ2) is 5.27. The van der Waals surface area contributed by atoms with Crippen LogP contribution in [0.25, 0.3) is 0 Å². The van der Waals surface area contributed by atoms with Crippen LogP contribution in [0.2, 0.25) is 0 Å². The van der Waals surface area contributed by atoms with Crippen molar-refractivity contribution in [1.29, 1.82) is 0 Å². The summed E-state index contributed by atoms with van der Waals surface area (Å²) < 4.78 is 0. The van der Waals surface area contributed by atoms with Gasteiger partial charge in [0.25, 0.3) is 0 Å². The van der Waals surface area contributed by atoms with E-state index in [-0.39, 0.29) is 29.7 Å². The molecule has 0 aromatic heterocycles. The number of hydrogen-bond donors (Lipinski definition) is 1. The van der Waals surface area contributed by atoms with Gasteiger partial charge in [0.2, 0.25) is 11.8 Å². The fourth-order valence-electron chi connectivity index (χ4n) is 2.40. The lowest BCUT2D eigenvalue weighted by molar-refractivity contribution is -0.127. The lowest BCUT2D eigenvalue weighted by Crippen LogP contribution is -2.44. The van der Waals surface area contributed by atoms with E-state index in [1.165, 1.54) is 0 Å². The van der Waals surface area contributed by atoms with Gasteiger partial charge in [0, 0.05) is 24.2 Å². The summed E-state index contributed by atoms with van der Waals surface area (Å²) in [6, 6.07) is 7.81. The van der Waals surface area contributed by atoms with Gasteiger partial charge in [-0.15, -0.1) is 0 Å². The van der Waals surface area contributed by atoms with Gasteiger partial charge >= 0.3 is 0 Å². The molecule has 0 radical (unpaired) electrons. The average Bonchev–Trinajstić information content (AvgIpc) is 2.69. The number of amides is 2. The molecular weight excluding hydrogens is 252 g/mol. The van der Waals surface area contributed by atoms with Crippen LogP contribution in [0.5, 0.6) is 0 Å². The van der Waals surface area contributed by atoms with Gasteiger partial charge in [-0.05, 0) is 45.4 Å². The van der Waals surface area contributed by atoms with Crippen molar-refractivity contribution in [3.05, 3.63) is 29.8 Å². The molecule has 2 rings (SSSR count). The molecule has 1 fully saturated rings. The molecule has 1 aliphatic rings. The molecule has 1 aliphatic heterocycles. The summed E-state index contributed by atoms with van der Waals surface area (Å²) in [4.78, 5) is 26.0. The van der Waals surface area contributed by atoms with E-state index in [1.807, 2.05) is 52.0 Å². The predicted molar refractivity (Wildman–Crippen MR) is 79.5 cm³/mol. The molecule has 1 aromatic carbocycles. The molecule has 1 N–H and O–H groups in total. The molecule has 0 saturated carbocycles. The summed E-state index contributed by atoms with van der Waals surface area (Å²) in [6.07, 6.45) is 0.288. The Hall–Kier alpha value is -1.84. The molecule has 2 amide bonds. The van der Waals surface area contributed by atoms with E-state index < -0.39 is 0 Å². The van der Waals surface area contributed by atoms with Crippen molar-refractivity contribution in [2.45, 2.75) is 39.7 Å². The molecular formula is C16H22N2O2. The average molecular weight is 274 g/mol. The molecule has 1 heterocycles. The van der Waals surface area contributed by atoms with Gasteiger partial charge in [-0.1, -0.05) is 12.1 Å². The first-order chi connectivity index (χ1) is 9.26. The van der Waals surface area contributed by atoms with Gasteiger partial charge in [0.15, 0.2) is 0 Å². The molecule has 1 atom stereocenters. The number of nitrogens with zero attached hydrogens (tertiary/aromatic N) is 1. The van der Waals surface area contributed by atoms with Crippen molar-refractivity contribution in [2.24, 2.45) is 5.92 Å². The number of benzene rings is 1. The van der Waals surface area contributed by atoms with E-state index in [0.29, 0.717) is 6.54 Å². The van der Waals surface area contributed by atoms with Crippen LogP contribution in [-0.4, -0.2) is 23.9 Å². The van der Waals surface area contributed by atoms with E-state index in [1.54, 1.807) is 4.90 Å². The van der Waals surface area contributed by atoms with E-state index in [2.05, 4.69) is 5.32 Å². The zero-order valence-electron chi connectivity index (χ0n) is 12.6. The highest BCUT2D eigenvalue weighted by Crippen LogP contribution is 2.26. The number of anilines is 1. The van der Waals surface area contributed by atoms with Crippen LogP contribution in [0.3, 0.4) is 0 Å². The molecule has 108 valence electrons. The van der Waals surface area contributed by atoms with Crippen LogP contribution in [0, 0.1) is 12.8 Å². The highest BCUT2D eigenvalue weighted by atomic mass is 16.2. The predicted octanol–water partition coefficient (Wildman–Crippen LogP) is 2.26. The van der Waals surface area contributed by atoms with Crippen molar-refractivity contribution in [3.63, 3.8) is 0 Å².